The average Bonchev–Trinajstić information content (AvgIpc) is 2.80. The van der Waals surface area contributed by atoms with Gasteiger partial charge in [-0.2, -0.15) is 0 Å². The highest BCUT2D eigenvalue weighted by molar-refractivity contribution is 6.30. The van der Waals surface area contributed by atoms with Crippen LogP contribution in [0.5, 0.6) is 5.75 Å². The maximum atomic E-state index is 13.1. The second-order valence-corrected chi connectivity index (χ2v) is 9.71. The zero-order valence-electron chi connectivity index (χ0n) is 19.3. The molecule has 2 N–H and O–H groups in total. The Balaban J connectivity index is 1.35. The van der Waals surface area contributed by atoms with Crippen LogP contribution >= 0.6 is 11.6 Å². The van der Waals surface area contributed by atoms with Gasteiger partial charge >= 0.3 is 6.03 Å². The van der Waals surface area contributed by atoms with Crippen LogP contribution in [0, 0.1) is 0 Å². The molecule has 5 rings (SSSR count). The summed E-state index contributed by atoms with van der Waals surface area (Å²) in [6, 6.07) is 19.8. The van der Waals surface area contributed by atoms with Gasteiger partial charge in [0.15, 0.2) is 5.72 Å². The van der Waals surface area contributed by atoms with Crippen LogP contribution in [-0.2, 0) is 0 Å². The standard InChI is InChI=1S/C27H26ClN3O3/c1-16(2)17-4-9-20(10-5-17)29-25(32)18-6-11-21(12-7-18)31-26(33)30-23-15-27(31,3)34-24-13-8-19(28)14-22(23)24/h4-14,16,23H,15H2,1-3H3,(H,29,32)(H,30,33). The molecule has 7 heteroatoms. The number of ether oxygens (including phenoxy) is 1. The quantitative estimate of drug-likeness (QED) is 0.453. The Hall–Kier alpha value is -3.51. The fraction of sp³-hybridized carbons (Fsp3) is 0.259. The topological polar surface area (TPSA) is 70.7 Å². The molecule has 0 radical (unpaired) electrons. The highest BCUT2D eigenvalue weighted by Crippen LogP contribution is 2.46. The number of carbonyl (C=O) groups excluding carboxylic acids is 2. The van der Waals surface area contributed by atoms with Gasteiger partial charge in [0, 0.05) is 33.9 Å². The molecule has 2 atom stereocenters. The molecule has 34 heavy (non-hydrogen) atoms. The van der Waals surface area contributed by atoms with Crippen LogP contribution in [-0.4, -0.2) is 17.7 Å². The van der Waals surface area contributed by atoms with E-state index in [1.165, 1.54) is 5.56 Å². The summed E-state index contributed by atoms with van der Waals surface area (Å²) >= 11 is 6.15. The number of carbonyl (C=O) groups is 2. The molecule has 1 fully saturated rings. The molecule has 174 valence electrons. The third-order valence-electron chi connectivity index (χ3n) is 6.46. The van der Waals surface area contributed by atoms with Crippen molar-refractivity contribution in [2.24, 2.45) is 0 Å². The van der Waals surface area contributed by atoms with Crippen LogP contribution in [0.2, 0.25) is 5.02 Å². The molecular formula is C27H26ClN3O3. The highest BCUT2D eigenvalue weighted by atomic mass is 35.5. The normalized spacial score (nSPS) is 20.9. The van der Waals surface area contributed by atoms with Gasteiger partial charge < -0.3 is 15.4 Å². The minimum absolute atomic E-state index is 0.177. The first-order valence-electron chi connectivity index (χ1n) is 11.3. The van der Waals surface area contributed by atoms with Gasteiger partial charge in [0.2, 0.25) is 0 Å². The van der Waals surface area contributed by atoms with E-state index in [9.17, 15) is 9.59 Å². The van der Waals surface area contributed by atoms with Gasteiger partial charge in [-0.25, -0.2) is 4.79 Å². The summed E-state index contributed by atoms with van der Waals surface area (Å²) in [6.45, 7) is 6.16. The summed E-state index contributed by atoms with van der Waals surface area (Å²) < 4.78 is 6.29. The van der Waals surface area contributed by atoms with Crippen LogP contribution in [0.25, 0.3) is 0 Å². The van der Waals surface area contributed by atoms with E-state index in [1.54, 1.807) is 35.2 Å². The number of hydrogen-bond donors (Lipinski definition) is 2. The lowest BCUT2D eigenvalue weighted by molar-refractivity contribution is 0.0379. The zero-order chi connectivity index (χ0) is 24.0. The molecule has 2 aliphatic heterocycles. The summed E-state index contributed by atoms with van der Waals surface area (Å²) in [5.41, 5.74) is 3.12. The molecule has 3 amide bonds. The van der Waals surface area contributed by atoms with E-state index >= 15 is 0 Å². The Kier molecular flexibility index (Phi) is 5.48. The van der Waals surface area contributed by atoms with Crippen LogP contribution < -0.4 is 20.3 Å². The number of nitrogens with zero attached hydrogens (tertiary/aromatic N) is 1. The number of anilines is 2. The number of halogens is 1. The summed E-state index contributed by atoms with van der Waals surface area (Å²) in [4.78, 5) is 27.4. The van der Waals surface area contributed by atoms with Crippen molar-refractivity contribution < 1.29 is 14.3 Å². The van der Waals surface area contributed by atoms with Crippen molar-refractivity contribution in [1.29, 1.82) is 0 Å². The Morgan fingerprint density at radius 1 is 1.12 bits per heavy atom. The number of amides is 3. The van der Waals surface area contributed by atoms with E-state index in [2.05, 4.69) is 24.5 Å². The minimum Gasteiger partial charge on any atom is -0.467 e. The minimum atomic E-state index is -0.865. The first-order valence-corrected chi connectivity index (χ1v) is 11.7. The summed E-state index contributed by atoms with van der Waals surface area (Å²) in [7, 11) is 0. The predicted molar refractivity (Wildman–Crippen MR) is 134 cm³/mol. The number of urea groups is 1. The Bertz CT molecular complexity index is 1260. The molecule has 2 bridgehead atoms. The van der Waals surface area contributed by atoms with Gasteiger partial charge in [-0.3, -0.25) is 9.69 Å². The monoisotopic (exact) mass is 475 g/mol. The molecular weight excluding hydrogens is 450 g/mol. The maximum Gasteiger partial charge on any atom is 0.325 e. The van der Waals surface area contributed by atoms with Gasteiger partial charge in [-0.15, -0.1) is 0 Å². The number of benzene rings is 3. The molecule has 2 heterocycles. The average molecular weight is 476 g/mol. The second kappa shape index (κ2) is 8.37. The van der Waals surface area contributed by atoms with E-state index in [4.69, 9.17) is 16.3 Å². The third kappa shape index (κ3) is 3.99. The first kappa shape index (κ1) is 22.3. The Morgan fingerprint density at radius 3 is 2.50 bits per heavy atom. The maximum absolute atomic E-state index is 13.1. The van der Waals surface area contributed by atoms with E-state index in [0.29, 0.717) is 34.4 Å². The van der Waals surface area contributed by atoms with Gasteiger partial charge in [0.05, 0.1) is 6.04 Å². The molecule has 2 aliphatic rings. The van der Waals surface area contributed by atoms with Crippen molar-refractivity contribution in [3.8, 4) is 5.75 Å². The predicted octanol–water partition coefficient (Wildman–Crippen LogP) is 6.49. The second-order valence-electron chi connectivity index (χ2n) is 9.28. The fourth-order valence-corrected chi connectivity index (χ4v) is 4.83. The molecule has 0 aliphatic carbocycles. The number of hydrogen-bond acceptors (Lipinski definition) is 3. The number of rotatable bonds is 4. The Labute approximate surface area is 203 Å². The number of fused-ring (bicyclic) bond motifs is 4. The summed E-state index contributed by atoms with van der Waals surface area (Å²) in [5, 5.41) is 6.58. The van der Waals surface area contributed by atoms with Crippen molar-refractivity contribution in [2.75, 3.05) is 10.2 Å². The van der Waals surface area contributed by atoms with Gasteiger partial charge in [-0.1, -0.05) is 37.6 Å². The van der Waals surface area contributed by atoms with Crippen LogP contribution in [0.4, 0.5) is 16.2 Å². The fourth-order valence-electron chi connectivity index (χ4n) is 4.65. The number of nitrogens with one attached hydrogen (secondary N) is 2. The molecule has 0 saturated carbocycles. The molecule has 3 aromatic carbocycles. The molecule has 1 saturated heterocycles. The molecule has 3 aromatic rings. The van der Waals surface area contributed by atoms with E-state index in [-0.39, 0.29) is 18.0 Å². The van der Waals surface area contributed by atoms with Crippen LogP contribution in [0.15, 0.2) is 66.7 Å². The SMILES string of the molecule is CC(C)c1ccc(NC(=O)c2ccc(N3C(=O)NC4CC3(C)Oc3ccc(Cl)cc34)cc2)cc1. The van der Waals surface area contributed by atoms with Crippen LogP contribution in [0.3, 0.4) is 0 Å². The lowest BCUT2D eigenvalue weighted by Gasteiger charge is -2.50. The summed E-state index contributed by atoms with van der Waals surface area (Å²) in [5.74, 6) is 0.923. The van der Waals surface area contributed by atoms with Crippen LogP contribution in [0.1, 0.15) is 60.6 Å². The van der Waals surface area contributed by atoms with Crippen molar-refractivity contribution >= 4 is 34.9 Å². The van der Waals surface area contributed by atoms with Crippen molar-refractivity contribution in [2.45, 2.75) is 44.9 Å². The molecule has 0 aromatic heterocycles. The first-order chi connectivity index (χ1) is 16.2. The smallest absolute Gasteiger partial charge is 0.325 e. The highest BCUT2D eigenvalue weighted by Gasteiger charge is 2.49. The largest absolute Gasteiger partial charge is 0.467 e. The van der Waals surface area contributed by atoms with Crippen molar-refractivity contribution in [3.63, 3.8) is 0 Å². The van der Waals surface area contributed by atoms with Gasteiger partial charge in [0.25, 0.3) is 5.91 Å². The lowest BCUT2D eigenvalue weighted by Crippen LogP contribution is -2.65. The van der Waals surface area contributed by atoms with E-state index in [0.717, 1.165) is 11.3 Å². The molecule has 6 nitrogen and oxygen atoms in total. The van der Waals surface area contributed by atoms with Crippen molar-refractivity contribution in [1.82, 2.24) is 5.32 Å². The zero-order valence-corrected chi connectivity index (χ0v) is 20.0. The Morgan fingerprint density at radius 2 is 1.82 bits per heavy atom. The van der Waals surface area contributed by atoms with Crippen molar-refractivity contribution in [3.05, 3.63) is 88.4 Å². The third-order valence-corrected chi connectivity index (χ3v) is 6.69. The lowest BCUT2D eigenvalue weighted by atomic mass is 9.90. The van der Waals surface area contributed by atoms with Gasteiger partial charge in [0.1, 0.15) is 5.75 Å². The van der Waals surface area contributed by atoms with E-state index < -0.39 is 5.72 Å². The van der Waals surface area contributed by atoms with Gasteiger partial charge in [-0.05, 0) is 73.0 Å². The molecule has 0 spiro atoms. The summed E-state index contributed by atoms with van der Waals surface area (Å²) in [6.07, 6.45) is 0.570. The van der Waals surface area contributed by atoms with E-state index in [1.807, 2.05) is 43.3 Å². The molecule has 2 unspecified atom stereocenters.